The van der Waals surface area contributed by atoms with E-state index in [0.717, 1.165) is 0 Å². The second-order valence-corrected chi connectivity index (χ2v) is 7.99. The summed E-state index contributed by atoms with van der Waals surface area (Å²) >= 11 is 0. The molecule has 2 aliphatic heterocycles. The van der Waals surface area contributed by atoms with Crippen molar-refractivity contribution >= 4 is 7.82 Å². The predicted molar refractivity (Wildman–Crippen MR) is 75.8 cm³/mol. The Balaban J connectivity index is 0.00000156. The van der Waals surface area contributed by atoms with Crippen molar-refractivity contribution in [1.29, 1.82) is 0 Å². The molecule has 0 aromatic heterocycles. The van der Waals surface area contributed by atoms with Gasteiger partial charge in [0.15, 0.2) is 5.60 Å². The Morgan fingerprint density at radius 1 is 1.20 bits per heavy atom. The van der Waals surface area contributed by atoms with Gasteiger partial charge in [-0.05, 0) is 18.1 Å². The summed E-state index contributed by atoms with van der Waals surface area (Å²) < 4.78 is 21.2. The Kier molecular flexibility index (Phi) is 7.53. The van der Waals surface area contributed by atoms with E-state index in [4.69, 9.17) is 14.5 Å². The van der Waals surface area contributed by atoms with E-state index < -0.39 is 19.2 Å². The molecule has 25 heavy (non-hydrogen) atoms. The van der Waals surface area contributed by atoms with Crippen molar-refractivity contribution in [3.63, 3.8) is 0 Å². The molecule has 2 fully saturated rings. The Bertz CT molecular complexity index is 678. The van der Waals surface area contributed by atoms with E-state index in [0.29, 0.717) is 12.2 Å². The minimum atomic E-state index is -5.13. The van der Waals surface area contributed by atoms with Gasteiger partial charge in [-0.1, -0.05) is 39.8 Å². The summed E-state index contributed by atoms with van der Waals surface area (Å²) in [7, 11) is -5.13. The second-order valence-electron chi connectivity index (χ2n) is 6.91. The average Bonchev–Trinajstić information content (AvgIpc) is 2.51. The molecule has 0 amide bonds. The molecular formula is C15H19Na2O7P. The zero-order valence-corrected chi connectivity index (χ0v) is 20.3. The van der Waals surface area contributed by atoms with Crippen molar-refractivity contribution in [2.24, 2.45) is 11.3 Å². The number of rotatable bonds is 4. The third kappa shape index (κ3) is 3.69. The first-order valence-corrected chi connectivity index (χ1v) is 8.83. The largest absolute Gasteiger partial charge is 1.00 e. The van der Waals surface area contributed by atoms with E-state index in [1.807, 2.05) is 27.7 Å². The summed E-state index contributed by atoms with van der Waals surface area (Å²) in [6.45, 7) is 8.50. The average molecular weight is 388 g/mol. The number of phosphoric ester groups is 1. The van der Waals surface area contributed by atoms with Crippen LogP contribution >= 0.6 is 7.82 Å². The van der Waals surface area contributed by atoms with Crippen LogP contribution in [0.25, 0.3) is 0 Å². The predicted octanol–water partition coefficient (Wildman–Crippen LogP) is -4.53. The van der Waals surface area contributed by atoms with Crippen molar-refractivity contribution < 1.29 is 92.5 Å². The summed E-state index contributed by atoms with van der Waals surface area (Å²) in [6.07, 6.45) is 0. The van der Waals surface area contributed by atoms with Crippen molar-refractivity contribution in [1.82, 2.24) is 0 Å². The maximum absolute atomic E-state index is 10.8. The standard InChI is InChI=1S/C15H21O7P.2Na/c1-10(2)14-13(3,4)9-19-15(14,22-21-14)11-6-5-7-12(8-11)20-23(16,17)18;;/h5-8,10H,9H2,1-4H3,(H2,16,17,18);;/q;2*+1/p-2. The first kappa shape index (κ1) is 24.1. The Morgan fingerprint density at radius 3 is 2.32 bits per heavy atom. The molecular weight excluding hydrogens is 369 g/mol. The smallest absolute Gasteiger partial charge is 0.780 e. The summed E-state index contributed by atoms with van der Waals surface area (Å²) in [5.74, 6) is -1.16. The van der Waals surface area contributed by atoms with Gasteiger partial charge in [-0.3, -0.25) is 0 Å². The monoisotopic (exact) mass is 388 g/mol. The molecule has 1 aromatic rings. The molecule has 3 rings (SSSR count). The van der Waals surface area contributed by atoms with Crippen LogP contribution in [-0.2, 0) is 24.9 Å². The molecule has 7 nitrogen and oxygen atoms in total. The molecule has 0 aliphatic carbocycles. The van der Waals surface area contributed by atoms with Gasteiger partial charge >= 0.3 is 59.1 Å². The van der Waals surface area contributed by atoms with Crippen molar-refractivity contribution in [2.75, 3.05) is 6.61 Å². The molecule has 128 valence electrons. The maximum atomic E-state index is 10.8. The fraction of sp³-hybridized carbons (Fsp3) is 0.600. The first-order valence-electron chi connectivity index (χ1n) is 7.37. The molecule has 2 aliphatic rings. The van der Waals surface area contributed by atoms with Crippen molar-refractivity contribution in [3.05, 3.63) is 29.8 Å². The first-order chi connectivity index (χ1) is 10.5. The quantitative estimate of drug-likeness (QED) is 0.291. The Labute approximate surface area is 191 Å². The fourth-order valence-corrected chi connectivity index (χ4v) is 4.15. The van der Waals surface area contributed by atoms with E-state index in [-0.39, 0.29) is 76.2 Å². The summed E-state index contributed by atoms with van der Waals surface area (Å²) in [4.78, 5) is 32.6. The summed E-state index contributed by atoms with van der Waals surface area (Å²) in [6, 6.07) is 6.13. The van der Waals surface area contributed by atoms with Gasteiger partial charge in [0.1, 0.15) is 13.6 Å². The Hall–Kier alpha value is 1.05. The van der Waals surface area contributed by atoms with Gasteiger partial charge in [0, 0.05) is 11.0 Å². The number of hydrogen-bond donors (Lipinski definition) is 0. The van der Waals surface area contributed by atoms with Gasteiger partial charge in [-0.15, -0.1) is 0 Å². The second kappa shape index (κ2) is 7.82. The number of phosphoric acid groups is 1. The summed E-state index contributed by atoms with van der Waals surface area (Å²) in [5, 5.41) is 0. The fourth-order valence-electron chi connectivity index (χ4n) is 3.78. The number of hydrogen-bond acceptors (Lipinski definition) is 7. The van der Waals surface area contributed by atoms with Gasteiger partial charge in [0.2, 0.25) is 0 Å². The van der Waals surface area contributed by atoms with E-state index >= 15 is 0 Å². The molecule has 2 heterocycles. The zero-order chi connectivity index (χ0) is 17.1. The van der Waals surface area contributed by atoms with Crippen LogP contribution in [0.4, 0.5) is 0 Å². The van der Waals surface area contributed by atoms with E-state index in [9.17, 15) is 14.4 Å². The molecule has 2 atom stereocenters. The van der Waals surface area contributed by atoms with Crippen LogP contribution in [-0.4, -0.2) is 12.2 Å². The maximum Gasteiger partial charge on any atom is 1.00 e. The van der Waals surface area contributed by atoms with Crippen LogP contribution in [0.5, 0.6) is 5.75 Å². The SMILES string of the molecule is CC(C)C12OOC1(c1cccc(OP(=O)([O-])[O-])c1)OCC2(C)C.[Na+].[Na+]. The molecule has 10 heteroatoms. The van der Waals surface area contributed by atoms with Gasteiger partial charge < -0.3 is 23.6 Å². The van der Waals surface area contributed by atoms with Gasteiger partial charge in [0.25, 0.3) is 5.79 Å². The molecule has 2 unspecified atom stereocenters. The van der Waals surface area contributed by atoms with Crippen LogP contribution < -0.4 is 73.4 Å². The number of ether oxygens (including phenoxy) is 1. The van der Waals surface area contributed by atoms with Gasteiger partial charge in [0.05, 0.1) is 6.61 Å². The molecule has 0 saturated carbocycles. The van der Waals surface area contributed by atoms with Crippen LogP contribution in [0.2, 0.25) is 0 Å². The summed E-state index contributed by atoms with van der Waals surface area (Å²) in [5.41, 5.74) is -0.492. The molecule has 0 N–H and O–H groups in total. The van der Waals surface area contributed by atoms with Crippen LogP contribution in [0.3, 0.4) is 0 Å². The third-order valence-electron chi connectivity index (χ3n) is 4.67. The minimum Gasteiger partial charge on any atom is -0.780 e. The Morgan fingerprint density at radius 2 is 1.84 bits per heavy atom. The molecule has 0 spiro atoms. The van der Waals surface area contributed by atoms with Gasteiger partial charge in [-0.25, -0.2) is 4.89 Å². The van der Waals surface area contributed by atoms with Crippen molar-refractivity contribution in [2.45, 2.75) is 39.1 Å². The minimum absolute atomic E-state index is 0. The number of benzene rings is 1. The van der Waals surface area contributed by atoms with Crippen molar-refractivity contribution in [3.8, 4) is 5.75 Å². The topological polar surface area (TPSA) is 100 Å². The van der Waals surface area contributed by atoms with Crippen LogP contribution in [0.1, 0.15) is 33.3 Å². The van der Waals surface area contributed by atoms with Crippen LogP contribution in [0.15, 0.2) is 24.3 Å². The molecule has 1 aromatic carbocycles. The molecule has 2 saturated heterocycles. The van der Waals surface area contributed by atoms with E-state index in [1.54, 1.807) is 12.1 Å². The van der Waals surface area contributed by atoms with E-state index in [2.05, 4.69) is 4.52 Å². The zero-order valence-electron chi connectivity index (χ0n) is 15.4. The van der Waals surface area contributed by atoms with Gasteiger partial charge in [-0.2, -0.15) is 4.89 Å². The third-order valence-corrected chi connectivity index (χ3v) is 5.10. The normalized spacial score (nSPS) is 29.9. The molecule has 0 bridgehead atoms. The molecule has 0 radical (unpaired) electrons. The van der Waals surface area contributed by atoms with E-state index in [1.165, 1.54) is 12.1 Å². The number of fused-ring (bicyclic) bond motifs is 1. The van der Waals surface area contributed by atoms with Crippen LogP contribution in [0, 0.1) is 11.3 Å².